The molecular formula is C18H19F2NO4. The van der Waals surface area contributed by atoms with Crippen LogP contribution in [0.5, 0.6) is 17.2 Å². The van der Waals surface area contributed by atoms with Crippen LogP contribution in [0, 0.1) is 11.6 Å². The Hall–Kier alpha value is -2.83. The van der Waals surface area contributed by atoms with E-state index in [4.69, 9.17) is 14.3 Å². The van der Waals surface area contributed by atoms with Gasteiger partial charge in [0.15, 0.2) is 5.75 Å². The van der Waals surface area contributed by atoms with Crippen LogP contribution in [0.1, 0.15) is 20.8 Å². The van der Waals surface area contributed by atoms with Crippen molar-refractivity contribution in [3.05, 3.63) is 54.1 Å². The largest absolute Gasteiger partial charge is 0.457 e. The van der Waals surface area contributed by atoms with Crippen molar-refractivity contribution in [2.45, 2.75) is 26.9 Å². The number of hydrogen-bond acceptors (Lipinski definition) is 4. The van der Waals surface area contributed by atoms with E-state index < -0.39 is 17.7 Å². The summed E-state index contributed by atoms with van der Waals surface area (Å²) in [5.41, 5.74) is 0. The fourth-order valence-corrected chi connectivity index (χ4v) is 1.91. The molecule has 7 heteroatoms. The minimum absolute atomic E-state index is 0.0434. The molecule has 2 rings (SSSR count). The van der Waals surface area contributed by atoms with Gasteiger partial charge >= 0.3 is 6.09 Å². The van der Waals surface area contributed by atoms with Crippen molar-refractivity contribution in [1.29, 1.82) is 0 Å². The first-order valence-corrected chi connectivity index (χ1v) is 7.77. The van der Waals surface area contributed by atoms with Gasteiger partial charge in [-0.2, -0.15) is 0 Å². The number of halogens is 2. The summed E-state index contributed by atoms with van der Waals surface area (Å²) in [4.78, 5) is 17.3. The van der Waals surface area contributed by atoms with E-state index in [1.165, 1.54) is 0 Å². The quantitative estimate of drug-likeness (QED) is 0.693. The second-order valence-electron chi connectivity index (χ2n) is 5.40. The van der Waals surface area contributed by atoms with E-state index in [0.717, 1.165) is 23.3 Å². The zero-order chi connectivity index (χ0) is 18.4. The van der Waals surface area contributed by atoms with E-state index in [1.54, 1.807) is 45.0 Å². The minimum Gasteiger partial charge on any atom is -0.457 e. The zero-order valence-corrected chi connectivity index (χ0v) is 14.2. The number of hydroxylamine groups is 2. The van der Waals surface area contributed by atoms with Gasteiger partial charge in [0.2, 0.25) is 0 Å². The predicted octanol–water partition coefficient (Wildman–Crippen LogP) is 4.92. The van der Waals surface area contributed by atoms with Crippen molar-refractivity contribution in [1.82, 2.24) is 5.06 Å². The van der Waals surface area contributed by atoms with Crippen molar-refractivity contribution >= 4 is 6.09 Å². The van der Waals surface area contributed by atoms with Gasteiger partial charge in [0.1, 0.15) is 23.1 Å². The molecule has 0 heterocycles. The van der Waals surface area contributed by atoms with Crippen LogP contribution in [0.25, 0.3) is 0 Å². The average molecular weight is 351 g/mol. The Labute approximate surface area is 144 Å². The van der Waals surface area contributed by atoms with Gasteiger partial charge in [0.05, 0.1) is 12.6 Å². The fourth-order valence-electron chi connectivity index (χ4n) is 1.91. The zero-order valence-electron chi connectivity index (χ0n) is 14.2. The third-order valence-corrected chi connectivity index (χ3v) is 2.94. The summed E-state index contributed by atoms with van der Waals surface area (Å²) in [5, 5.41) is 1.08. The molecule has 0 unspecified atom stereocenters. The lowest BCUT2D eigenvalue weighted by Crippen LogP contribution is -2.35. The molecule has 0 radical (unpaired) electrons. The molecule has 0 aliphatic carbocycles. The molecular weight excluding hydrogens is 332 g/mol. The molecule has 134 valence electrons. The Bertz CT molecular complexity index is 699. The van der Waals surface area contributed by atoms with E-state index in [9.17, 15) is 13.6 Å². The number of nitrogens with zero attached hydrogens (tertiary/aromatic N) is 1. The van der Waals surface area contributed by atoms with Crippen LogP contribution in [0.3, 0.4) is 0 Å². The monoisotopic (exact) mass is 351 g/mol. The van der Waals surface area contributed by atoms with Gasteiger partial charge in [0, 0.05) is 18.2 Å². The molecule has 25 heavy (non-hydrogen) atoms. The lowest BCUT2D eigenvalue weighted by Gasteiger charge is -2.21. The number of benzene rings is 2. The Balaban J connectivity index is 2.02. The van der Waals surface area contributed by atoms with Gasteiger partial charge in [0.25, 0.3) is 0 Å². The Morgan fingerprint density at radius 2 is 1.56 bits per heavy atom. The van der Waals surface area contributed by atoms with Gasteiger partial charge in [-0.1, -0.05) is 0 Å². The van der Waals surface area contributed by atoms with Crippen molar-refractivity contribution < 1.29 is 27.9 Å². The van der Waals surface area contributed by atoms with Crippen LogP contribution in [0.2, 0.25) is 0 Å². The molecule has 0 saturated heterocycles. The standard InChI is InChI=1S/C18H19F2NO4/c1-4-21(18(22)23-12(2)3)25-16-7-5-15(6-8-16)24-17-10-13(19)9-14(20)11-17/h5-12H,4H2,1-3H3. The Morgan fingerprint density at radius 1 is 1.00 bits per heavy atom. The molecule has 0 aliphatic heterocycles. The first-order chi connectivity index (χ1) is 11.9. The summed E-state index contributed by atoms with van der Waals surface area (Å²) >= 11 is 0. The first kappa shape index (κ1) is 18.5. The van der Waals surface area contributed by atoms with Crippen molar-refractivity contribution in [2.75, 3.05) is 6.54 Å². The van der Waals surface area contributed by atoms with Crippen LogP contribution in [0.15, 0.2) is 42.5 Å². The molecule has 0 spiro atoms. The molecule has 2 aromatic rings. The molecule has 0 saturated carbocycles. The molecule has 2 aromatic carbocycles. The van der Waals surface area contributed by atoms with Crippen LogP contribution in [-0.4, -0.2) is 23.8 Å². The number of ether oxygens (including phenoxy) is 2. The first-order valence-electron chi connectivity index (χ1n) is 7.77. The molecule has 5 nitrogen and oxygen atoms in total. The molecule has 0 fully saturated rings. The number of rotatable bonds is 6. The number of carbonyl (C=O) groups is 1. The molecule has 0 atom stereocenters. The maximum Gasteiger partial charge on any atom is 0.443 e. The number of hydrogen-bond donors (Lipinski definition) is 0. The lowest BCUT2D eigenvalue weighted by molar-refractivity contribution is -0.0521. The summed E-state index contributed by atoms with van der Waals surface area (Å²) in [6.45, 7) is 5.53. The fraction of sp³-hybridized carbons (Fsp3) is 0.278. The normalized spacial score (nSPS) is 10.5. The van der Waals surface area contributed by atoms with E-state index in [0.29, 0.717) is 18.0 Å². The summed E-state index contributed by atoms with van der Waals surface area (Å²) in [6, 6.07) is 9.16. The Kier molecular flexibility index (Phi) is 6.16. The van der Waals surface area contributed by atoms with Crippen molar-refractivity contribution in [3.63, 3.8) is 0 Å². The second kappa shape index (κ2) is 8.32. The maximum absolute atomic E-state index is 13.2. The topological polar surface area (TPSA) is 48.0 Å². The summed E-state index contributed by atoms with van der Waals surface area (Å²) in [6.07, 6.45) is -0.847. The smallest absolute Gasteiger partial charge is 0.443 e. The maximum atomic E-state index is 13.2. The summed E-state index contributed by atoms with van der Waals surface area (Å²) in [7, 11) is 0. The van der Waals surface area contributed by atoms with Crippen LogP contribution in [-0.2, 0) is 4.74 Å². The summed E-state index contributed by atoms with van der Waals surface area (Å²) in [5.74, 6) is -0.651. The summed E-state index contributed by atoms with van der Waals surface area (Å²) < 4.78 is 36.8. The van der Waals surface area contributed by atoms with E-state index in [1.807, 2.05) is 0 Å². The average Bonchev–Trinajstić information content (AvgIpc) is 2.52. The molecule has 1 amide bonds. The third-order valence-electron chi connectivity index (χ3n) is 2.94. The van der Waals surface area contributed by atoms with Gasteiger partial charge in [-0.3, -0.25) is 0 Å². The van der Waals surface area contributed by atoms with E-state index >= 15 is 0 Å². The van der Waals surface area contributed by atoms with Gasteiger partial charge < -0.3 is 14.3 Å². The van der Waals surface area contributed by atoms with Gasteiger partial charge in [-0.05, 0) is 45.0 Å². The number of carbonyl (C=O) groups excluding carboxylic acids is 1. The molecule has 0 aliphatic rings. The number of amides is 1. The SMILES string of the molecule is CCN(Oc1ccc(Oc2cc(F)cc(F)c2)cc1)C(=O)OC(C)C. The highest BCUT2D eigenvalue weighted by molar-refractivity contribution is 5.66. The highest BCUT2D eigenvalue weighted by atomic mass is 19.1. The van der Waals surface area contributed by atoms with E-state index in [2.05, 4.69) is 0 Å². The third kappa shape index (κ3) is 5.63. The van der Waals surface area contributed by atoms with Crippen LogP contribution in [0.4, 0.5) is 13.6 Å². The molecule has 0 bridgehead atoms. The Morgan fingerprint density at radius 3 is 2.08 bits per heavy atom. The van der Waals surface area contributed by atoms with Gasteiger partial charge in [-0.15, -0.1) is 5.06 Å². The lowest BCUT2D eigenvalue weighted by atomic mass is 10.3. The van der Waals surface area contributed by atoms with Crippen LogP contribution < -0.4 is 9.57 Å². The minimum atomic E-state index is -0.725. The highest BCUT2D eigenvalue weighted by Gasteiger charge is 2.16. The van der Waals surface area contributed by atoms with Gasteiger partial charge in [-0.25, -0.2) is 13.6 Å². The predicted molar refractivity (Wildman–Crippen MR) is 87.5 cm³/mol. The highest BCUT2D eigenvalue weighted by Crippen LogP contribution is 2.25. The van der Waals surface area contributed by atoms with Crippen LogP contribution >= 0.6 is 0 Å². The van der Waals surface area contributed by atoms with Crippen molar-refractivity contribution in [3.8, 4) is 17.2 Å². The van der Waals surface area contributed by atoms with E-state index in [-0.39, 0.29) is 11.9 Å². The van der Waals surface area contributed by atoms with Crippen molar-refractivity contribution in [2.24, 2.45) is 0 Å². The second-order valence-corrected chi connectivity index (χ2v) is 5.40. The molecule has 0 aromatic heterocycles. The molecule has 0 N–H and O–H groups in total.